The normalized spacial score (nSPS) is 10.4. The van der Waals surface area contributed by atoms with Gasteiger partial charge >= 0.3 is 0 Å². The topological polar surface area (TPSA) is 71.6 Å². The molecule has 1 heterocycles. The van der Waals surface area contributed by atoms with E-state index < -0.39 is 5.24 Å². The predicted octanol–water partition coefficient (Wildman–Crippen LogP) is 2.67. The number of halogens is 1. The highest BCUT2D eigenvalue weighted by Crippen LogP contribution is 2.15. The second-order valence-corrected chi connectivity index (χ2v) is 4.47. The summed E-state index contributed by atoms with van der Waals surface area (Å²) in [6.07, 6.45) is 0. The van der Waals surface area contributed by atoms with Crippen LogP contribution in [-0.4, -0.2) is 20.2 Å². The Hall–Kier alpha value is -2.71. The van der Waals surface area contributed by atoms with E-state index in [1.807, 2.05) is 0 Å². The van der Waals surface area contributed by atoms with Crippen molar-refractivity contribution in [1.29, 1.82) is 5.26 Å². The maximum absolute atomic E-state index is 11.0. The average Bonchev–Trinajstić information content (AvgIpc) is 2.90. The molecule has 0 aliphatic carbocycles. The van der Waals surface area contributed by atoms with Gasteiger partial charge in [0.25, 0.3) is 5.24 Å². The number of nitriles is 1. The molecule has 6 heteroatoms. The number of hydrogen-bond acceptors (Lipinski definition) is 4. The summed E-state index contributed by atoms with van der Waals surface area (Å²) < 4.78 is 0. The van der Waals surface area contributed by atoms with Gasteiger partial charge in [-0.1, -0.05) is 0 Å². The van der Waals surface area contributed by atoms with Crippen LogP contribution in [0.5, 0.6) is 0 Å². The number of aromatic nitrogens is 3. The molecule has 0 radical (unpaired) electrons. The van der Waals surface area contributed by atoms with Crippen molar-refractivity contribution in [2.45, 2.75) is 0 Å². The molecule has 0 aliphatic heterocycles. The van der Waals surface area contributed by atoms with Crippen LogP contribution in [0.15, 0.2) is 42.5 Å². The van der Waals surface area contributed by atoms with Crippen LogP contribution in [0, 0.1) is 11.3 Å². The van der Waals surface area contributed by atoms with Crippen LogP contribution < -0.4 is 0 Å². The minimum Gasteiger partial charge on any atom is -0.276 e. The molecule has 0 fully saturated rings. The van der Waals surface area contributed by atoms with E-state index in [4.69, 9.17) is 16.9 Å². The van der Waals surface area contributed by atoms with Gasteiger partial charge in [0.1, 0.15) is 11.0 Å². The molecule has 3 aromatic rings. The van der Waals surface area contributed by atoms with Crippen molar-refractivity contribution in [2.75, 3.05) is 0 Å². The zero-order valence-electron chi connectivity index (χ0n) is 10.1. The van der Waals surface area contributed by atoms with Gasteiger partial charge < -0.3 is 0 Å². The Morgan fingerprint density at radius 2 is 1.80 bits per heavy atom. The van der Waals surface area contributed by atoms with Gasteiger partial charge in [0.2, 0.25) is 0 Å². The molecule has 3 rings (SSSR count). The second kappa shape index (κ2) is 4.76. The molecule has 0 saturated heterocycles. The molecule has 96 valence electrons. The SMILES string of the molecule is N#Cc1ccc2nn(-c3ccc(C(=O)Cl)cc3)nc2c1. The third kappa shape index (κ3) is 2.13. The molecule has 0 bridgehead atoms. The van der Waals surface area contributed by atoms with Crippen molar-refractivity contribution in [3.63, 3.8) is 0 Å². The molecule has 0 atom stereocenters. The first-order valence-corrected chi connectivity index (χ1v) is 6.12. The summed E-state index contributed by atoms with van der Waals surface area (Å²) in [5.41, 5.74) is 3.00. The van der Waals surface area contributed by atoms with Gasteiger partial charge in [0.15, 0.2) is 0 Å². The van der Waals surface area contributed by atoms with E-state index in [0.717, 1.165) is 0 Å². The zero-order chi connectivity index (χ0) is 14.1. The van der Waals surface area contributed by atoms with E-state index in [1.165, 1.54) is 4.80 Å². The van der Waals surface area contributed by atoms with Crippen LogP contribution >= 0.6 is 11.6 Å². The van der Waals surface area contributed by atoms with Crippen LogP contribution in [0.3, 0.4) is 0 Å². The number of hydrogen-bond donors (Lipinski definition) is 0. The Bertz CT molecular complexity index is 846. The quantitative estimate of drug-likeness (QED) is 0.678. The maximum atomic E-state index is 11.0. The number of rotatable bonds is 2. The monoisotopic (exact) mass is 282 g/mol. The highest BCUT2D eigenvalue weighted by atomic mass is 35.5. The van der Waals surface area contributed by atoms with Crippen LogP contribution in [0.2, 0.25) is 0 Å². The molecule has 0 amide bonds. The summed E-state index contributed by atoms with van der Waals surface area (Å²) >= 11 is 5.39. The fraction of sp³-hybridized carbons (Fsp3) is 0. The lowest BCUT2D eigenvalue weighted by atomic mass is 10.2. The third-order valence-electron chi connectivity index (χ3n) is 2.83. The molecule has 0 saturated carbocycles. The minimum absolute atomic E-state index is 0.416. The van der Waals surface area contributed by atoms with Crippen LogP contribution in [0.1, 0.15) is 15.9 Å². The van der Waals surface area contributed by atoms with Crippen LogP contribution in [-0.2, 0) is 0 Å². The van der Waals surface area contributed by atoms with Crippen molar-refractivity contribution in [2.24, 2.45) is 0 Å². The van der Waals surface area contributed by atoms with Gasteiger partial charge in [-0.25, -0.2) is 0 Å². The molecule has 0 N–H and O–H groups in total. The van der Waals surface area contributed by atoms with E-state index in [-0.39, 0.29) is 0 Å². The Morgan fingerprint density at radius 1 is 1.10 bits per heavy atom. The summed E-state index contributed by atoms with van der Waals surface area (Å²) in [6, 6.07) is 13.8. The molecule has 0 spiro atoms. The van der Waals surface area contributed by atoms with E-state index in [1.54, 1.807) is 42.5 Å². The second-order valence-electron chi connectivity index (χ2n) is 4.13. The highest BCUT2D eigenvalue weighted by Gasteiger charge is 2.07. The van der Waals surface area contributed by atoms with E-state index in [0.29, 0.717) is 27.8 Å². The number of fused-ring (bicyclic) bond motifs is 1. The number of carbonyl (C=O) groups is 1. The lowest BCUT2D eigenvalue weighted by Crippen LogP contribution is -1.99. The van der Waals surface area contributed by atoms with Gasteiger partial charge in [-0.2, -0.15) is 10.1 Å². The Kier molecular flexibility index (Phi) is 2.93. The molecule has 1 aromatic heterocycles. The largest absolute Gasteiger partial charge is 0.276 e. The smallest absolute Gasteiger partial charge is 0.252 e. The molecule has 2 aromatic carbocycles. The maximum Gasteiger partial charge on any atom is 0.252 e. The summed E-state index contributed by atoms with van der Waals surface area (Å²) in [6.45, 7) is 0. The van der Waals surface area contributed by atoms with Gasteiger partial charge in [-0.05, 0) is 54.1 Å². The number of benzene rings is 2. The highest BCUT2D eigenvalue weighted by molar-refractivity contribution is 6.67. The van der Waals surface area contributed by atoms with Crippen molar-refractivity contribution in [3.8, 4) is 11.8 Å². The molecular weight excluding hydrogens is 276 g/mol. The summed E-state index contributed by atoms with van der Waals surface area (Å²) in [4.78, 5) is 12.5. The van der Waals surface area contributed by atoms with E-state index >= 15 is 0 Å². The molecule has 5 nitrogen and oxygen atoms in total. The van der Waals surface area contributed by atoms with Crippen molar-refractivity contribution >= 4 is 27.9 Å². The predicted molar refractivity (Wildman–Crippen MR) is 73.8 cm³/mol. The zero-order valence-corrected chi connectivity index (χ0v) is 10.9. The van der Waals surface area contributed by atoms with Gasteiger partial charge in [-0.3, -0.25) is 4.79 Å². The molecule has 0 unspecified atom stereocenters. The van der Waals surface area contributed by atoms with Crippen molar-refractivity contribution < 1.29 is 4.79 Å². The fourth-order valence-electron chi connectivity index (χ4n) is 1.83. The lowest BCUT2D eigenvalue weighted by Gasteiger charge is -1.99. The van der Waals surface area contributed by atoms with E-state index in [9.17, 15) is 4.79 Å². The summed E-state index contributed by atoms with van der Waals surface area (Å²) in [5.74, 6) is 0. The van der Waals surface area contributed by atoms with Crippen LogP contribution in [0.25, 0.3) is 16.7 Å². The standard InChI is InChI=1S/C14H7ClN4O/c15-14(20)10-2-4-11(5-3-10)19-17-12-6-1-9(8-16)7-13(12)18-19/h1-7H. The van der Waals surface area contributed by atoms with Crippen LogP contribution in [0.4, 0.5) is 0 Å². The first-order chi connectivity index (χ1) is 9.67. The summed E-state index contributed by atoms with van der Waals surface area (Å²) in [5, 5.41) is 17.0. The van der Waals surface area contributed by atoms with Gasteiger partial charge in [0, 0.05) is 5.56 Å². The first kappa shape index (κ1) is 12.3. The Balaban J connectivity index is 2.05. The average molecular weight is 283 g/mol. The van der Waals surface area contributed by atoms with Crippen molar-refractivity contribution in [3.05, 3.63) is 53.6 Å². The van der Waals surface area contributed by atoms with Gasteiger partial charge in [0.05, 0.1) is 17.3 Å². The third-order valence-corrected chi connectivity index (χ3v) is 3.05. The number of nitrogens with zero attached hydrogens (tertiary/aromatic N) is 4. The molecule has 20 heavy (non-hydrogen) atoms. The molecule has 0 aliphatic rings. The van der Waals surface area contributed by atoms with Crippen molar-refractivity contribution in [1.82, 2.24) is 15.0 Å². The van der Waals surface area contributed by atoms with E-state index in [2.05, 4.69) is 16.3 Å². The molecular formula is C14H7ClN4O. The lowest BCUT2D eigenvalue weighted by molar-refractivity contribution is 0.108. The Labute approximate surface area is 119 Å². The van der Waals surface area contributed by atoms with Gasteiger partial charge in [-0.15, -0.1) is 10.2 Å². The Morgan fingerprint density at radius 3 is 2.45 bits per heavy atom. The first-order valence-electron chi connectivity index (χ1n) is 5.75. The fourth-order valence-corrected chi connectivity index (χ4v) is 1.95. The minimum atomic E-state index is -0.506. The number of carbonyl (C=O) groups excluding carboxylic acids is 1. The summed E-state index contributed by atoms with van der Waals surface area (Å²) in [7, 11) is 0.